The van der Waals surface area contributed by atoms with Crippen LogP contribution in [0.4, 0.5) is 9.52 Å². The maximum absolute atomic E-state index is 13.9. The van der Waals surface area contributed by atoms with Crippen LogP contribution in [-0.4, -0.2) is 24.5 Å². The Labute approximate surface area is 172 Å². The van der Waals surface area contributed by atoms with Crippen LogP contribution in [0.3, 0.4) is 0 Å². The first-order chi connectivity index (χ1) is 14.2. The number of benzene rings is 3. The molecular formula is C23H19FN2O2S. The van der Waals surface area contributed by atoms with Crippen molar-refractivity contribution in [2.24, 2.45) is 0 Å². The van der Waals surface area contributed by atoms with E-state index in [4.69, 9.17) is 4.74 Å². The number of thiazole rings is 1. The van der Waals surface area contributed by atoms with Crippen LogP contribution < -0.4 is 9.64 Å². The minimum absolute atomic E-state index is 0.180. The predicted octanol–water partition coefficient (Wildman–Crippen LogP) is 5.33. The molecule has 0 unspecified atom stereocenters. The van der Waals surface area contributed by atoms with Crippen LogP contribution in [0.5, 0.6) is 5.75 Å². The molecule has 4 nitrogen and oxygen atoms in total. The van der Waals surface area contributed by atoms with Gasteiger partial charge >= 0.3 is 0 Å². The molecule has 146 valence electrons. The summed E-state index contributed by atoms with van der Waals surface area (Å²) in [7, 11) is 1.47. The van der Waals surface area contributed by atoms with Gasteiger partial charge in [0, 0.05) is 6.54 Å². The normalized spacial score (nSPS) is 10.8. The van der Waals surface area contributed by atoms with E-state index < -0.39 is 5.82 Å². The minimum atomic E-state index is -0.485. The van der Waals surface area contributed by atoms with Gasteiger partial charge in [0.2, 0.25) is 0 Å². The highest BCUT2D eigenvalue weighted by Crippen LogP contribution is 2.31. The quantitative estimate of drug-likeness (QED) is 0.434. The molecule has 29 heavy (non-hydrogen) atoms. The summed E-state index contributed by atoms with van der Waals surface area (Å²) in [6, 6.07) is 21.6. The van der Waals surface area contributed by atoms with E-state index in [1.54, 1.807) is 4.90 Å². The molecular weight excluding hydrogens is 387 g/mol. The van der Waals surface area contributed by atoms with Crippen LogP contribution in [0.2, 0.25) is 0 Å². The highest BCUT2D eigenvalue weighted by molar-refractivity contribution is 7.22. The van der Waals surface area contributed by atoms with E-state index in [0.29, 0.717) is 23.8 Å². The average Bonchev–Trinajstić information content (AvgIpc) is 3.18. The number of halogens is 1. The van der Waals surface area contributed by atoms with Gasteiger partial charge in [-0.25, -0.2) is 9.37 Å². The molecule has 1 amide bonds. The molecule has 0 aliphatic carbocycles. The maximum atomic E-state index is 13.9. The Kier molecular flexibility index (Phi) is 5.53. The van der Waals surface area contributed by atoms with Crippen molar-refractivity contribution < 1.29 is 13.9 Å². The van der Waals surface area contributed by atoms with Gasteiger partial charge in [-0.15, -0.1) is 0 Å². The summed E-state index contributed by atoms with van der Waals surface area (Å²) < 4.78 is 20.2. The summed E-state index contributed by atoms with van der Waals surface area (Å²) in [6.07, 6.45) is 0.653. The van der Waals surface area contributed by atoms with Crippen molar-refractivity contribution in [1.82, 2.24) is 4.98 Å². The topological polar surface area (TPSA) is 42.4 Å². The van der Waals surface area contributed by atoms with E-state index in [9.17, 15) is 9.18 Å². The maximum Gasteiger partial charge on any atom is 0.263 e. The fourth-order valence-corrected chi connectivity index (χ4v) is 4.13. The molecule has 0 atom stereocenters. The number of methoxy groups -OCH3 is 1. The largest absolute Gasteiger partial charge is 0.496 e. The van der Waals surface area contributed by atoms with Crippen molar-refractivity contribution in [3.05, 3.63) is 89.7 Å². The molecule has 4 aromatic rings. The Morgan fingerprint density at radius 1 is 1.07 bits per heavy atom. The third-order valence-electron chi connectivity index (χ3n) is 4.62. The highest BCUT2D eigenvalue weighted by atomic mass is 32.1. The summed E-state index contributed by atoms with van der Waals surface area (Å²) in [6.45, 7) is 0.419. The molecule has 0 saturated heterocycles. The van der Waals surface area contributed by atoms with Gasteiger partial charge in [-0.3, -0.25) is 9.69 Å². The molecule has 4 rings (SSSR count). The lowest BCUT2D eigenvalue weighted by Crippen LogP contribution is -2.33. The van der Waals surface area contributed by atoms with E-state index in [0.717, 1.165) is 15.8 Å². The lowest BCUT2D eigenvalue weighted by molar-refractivity contribution is 0.0984. The molecule has 1 heterocycles. The molecule has 0 bridgehead atoms. The second-order valence-corrected chi connectivity index (χ2v) is 7.51. The molecule has 0 saturated carbocycles. The average molecular weight is 406 g/mol. The van der Waals surface area contributed by atoms with Crippen LogP contribution in [-0.2, 0) is 6.42 Å². The summed E-state index contributed by atoms with van der Waals surface area (Å²) in [5.74, 6) is -0.486. The molecule has 1 aromatic heterocycles. The number of para-hydroxylation sites is 1. The number of hydrogen-bond donors (Lipinski definition) is 0. The number of carbonyl (C=O) groups excluding carboxylic acids is 1. The van der Waals surface area contributed by atoms with E-state index in [-0.39, 0.29) is 11.5 Å². The minimum Gasteiger partial charge on any atom is -0.496 e. The number of fused-ring (bicyclic) bond motifs is 1. The standard InChI is InChI=1S/C23H19FN2O2S/c1-28-20-12-11-17(24)15-18(20)22(27)26(14-13-16-7-3-2-4-8-16)23-25-19-9-5-6-10-21(19)29-23/h2-12,15H,13-14H2,1H3. The first-order valence-electron chi connectivity index (χ1n) is 9.20. The second-order valence-electron chi connectivity index (χ2n) is 6.50. The van der Waals surface area contributed by atoms with Crippen molar-refractivity contribution in [2.45, 2.75) is 6.42 Å². The fraction of sp³-hybridized carbons (Fsp3) is 0.130. The van der Waals surface area contributed by atoms with Crippen molar-refractivity contribution in [3.8, 4) is 5.75 Å². The van der Waals surface area contributed by atoms with Crippen LogP contribution in [0.15, 0.2) is 72.8 Å². The number of hydrogen-bond acceptors (Lipinski definition) is 4. The Balaban J connectivity index is 1.73. The third kappa shape index (κ3) is 4.12. The van der Waals surface area contributed by atoms with Crippen LogP contribution in [0, 0.1) is 5.82 Å². The molecule has 3 aromatic carbocycles. The SMILES string of the molecule is COc1ccc(F)cc1C(=O)N(CCc1ccccc1)c1nc2ccccc2s1. The Morgan fingerprint density at radius 2 is 1.83 bits per heavy atom. The van der Waals surface area contributed by atoms with Gasteiger partial charge in [0.25, 0.3) is 5.91 Å². The van der Waals surface area contributed by atoms with Crippen molar-refractivity contribution >= 4 is 32.6 Å². The molecule has 0 aliphatic rings. The number of anilines is 1. The van der Waals surface area contributed by atoms with Crippen molar-refractivity contribution in [2.75, 3.05) is 18.6 Å². The number of nitrogens with zero attached hydrogens (tertiary/aromatic N) is 2. The number of ether oxygens (including phenoxy) is 1. The number of amides is 1. The molecule has 0 spiro atoms. The lowest BCUT2D eigenvalue weighted by atomic mass is 10.1. The highest BCUT2D eigenvalue weighted by Gasteiger charge is 2.24. The number of aromatic nitrogens is 1. The fourth-order valence-electron chi connectivity index (χ4n) is 3.14. The summed E-state index contributed by atoms with van der Waals surface area (Å²) in [5, 5.41) is 0.582. The molecule has 0 radical (unpaired) electrons. The summed E-state index contributed by atoms with van der Waals surface area (Å²) >= 11 is 1.44. The van der Waals surface area contributed by atoms with Gasteiger partial charge in [-0.05, 0) is 42.3 Å². The van der Waals surface area contributed by atoms with Gasteiger partial charge in [-0.2, -0.15) is 0 Å². The van der Waals surface area contributed by atoms with E-state index in [1.165, 1.54) is 36.6 Å². The predicted molar refractivity (Wildman–Crippen MR) is 114 cm³/mol. The molecule has 6 heteroatoms. The smallest absolute Gasteiger partial charge is 0.263 e. The number of carbonyl (C=O) groups is 1. The first-order valence-corrected chi connectivity index (χ1v) is 10.0. The Hall–Kier alpha value is -3.25. The van der Waals surface area contributed by atoms with Crippen molar-refractivity contribution in [3.63, 3.8) is 0 Å². The zero-order valence-corrected chi connectivity index (χ0v) is 16.7. The molecule has 0 fully saturated rings. The molecule has 0 aliphatic heterocycles. The zero-order valence-electron chi connectivity index (χ0n) is 15.8. The summed E-state index contributed by atoms with van der Waals surface area (Å²) in [4.78, 5) is 19.7. The van der Waals surface area contributed by atoms with E-state index in [2.05, 4.69) is 4.98 Å². The Morgan fingerprint density at radius 3 is 2.59 bits per heavy atom. The van der Waals surface area contributed by atoms with Crippen LogP contribution in [0.1, 0.15) is 15.9 Å². The van der Waals surface area contributed by atoms with Crippen molar-refractivity contribution in [1.29, 1.82) is 0 Å². The monoisotopic (exact) mass is 406 g/mol. The van der Waals surface area contributed by atoms with Crippen LogP contribution >= 0.6 is 11.3 Å². The van der Waals surface area contributed by atoms with Crippen LogP contribution in [0.25, 0.3) is 10.2 Å². The van der Waals surface area contributed by atoms with E-state index >= 15 is 0 Å². The van der Waals surface area contributed by atoms with Gasteiger partial charge in [0.15, 0.2) is 5.13 Å². The third-order valence-corrected chi connectivity index (χ3v) is 5.68. The van der Waals surface area contributed by atoms with Gasteiger partial charge in [0.05, 0.1) is 22.9 Å². The van der Waals surface area contributed by atoms with E-state index in [1.807, 2.05) is 54.6 Å². The zero-order chi connectivity index (χ0) is 20.2. The Bertz CT molecular complexity index is 1110. The van der Waals surface area contributed by atoms with Gasteiger partial charge in [-0.1, -0.05) is 53.8 Å². The van der Waals surface area contributed by atoms with Gasteiger partial charge in [0.1, 0.15) is 11.6 Å². The number of rotatable bonds is 6. The summed E-state index contributed by atoms with van der Waals surface area (Å²) in [5.41, 5.74) is 2.12. The van der Waals surface area contributed by atoms with Gasteiger partial charge < -0.3 is 4.74 Å². The second kappa shape index (κ2) is 8.41. The first kappa shape index (κ1) is 19.1. The lowest BCUT2D eigenvalue weighted by Gasteiger charge is -2.21. The molecule has 0 N–H and O–H groups in total.